The zero-order chi connectivity index (χ0) is 15.6. The number of nitrogens with two attached hydrogens (primary N) is 1. The van der Waals surface area contributed by atoms with Crippen molar-refractivity contribution in [2.75, 3.05) is 0 Å². The maximum atomic E-state index is 5.36. The minimum absolute atomic E-state index is 0.333. The number of aromatic nitrogens is 2. The van der Waals surface area contributed by atoms with Gasteiger partial charge in [0.15, 0.2) is 0 Å². The number of allylic oxidation sites excluding steroid dienone is 2. The second-order valence-electron chi connectivity index (χ2n) is 5.53. The lowest BCUT2D eigenvalue weighted by Crippen LogP contribution is -2.04. The van der Waals surface area contributed by atoms with E-state index in [4.69, 9.17) is 10.7 Å². The predicted molar refractivity (Wildman–Crippen MR) is 95.5 cm³/mol. The van der Waals surface area contributed by atoms with Gasteiger partial charge >= 0.3 is 0 Å². The van der Waals surface area contributed by atoms with Crippen LogP contribution >= 0.6 is 22.6 Å². The number of hydrogen-bond donors (Lipinski definition) is 2. The number of nitrogens with zero attached hydrogens (tertiary/aromatic N) is 1. The van der Waals surface area contributed by atoms with Gasteiger partial charge in [-0.05, 0) is 59.5 Å². The van der Waals surface area contributed by atoms with Crippen LogP contribution in [0.1, 0.15) is 45.5 Å². The molecule has 0 saturated carbocycles. The van der Waals surface area contributed by atoms with Gasteiger partial charge in [-0.1, -0.05) is 20.8 Å². The Morgan fingerprint density at radius 1 is 1.43 bits per heavy atom. The van der Waals surface area contributed by atoms with E-state index in [1.54, 1.807) is 0 Å². The molecule has 0 fully saturated rings. The number of aromatic amines is 1. The molecule has 1 aromatic heterocycles. The number of fused-ring (bicyclic) bond motifs is 1. The average Bonchev–Trinajstić information content (AvgIpc) is 2.82. The zero-order valence-corrected chi connectivity index (χ0v) is 15.1. The highest BCUT2D eigenvalue weighted by molar-refractivity contribution is 14.1. The zero-order valence-electron chi connectivity index (χ0n) is 13.0. The molecular formula is C16H22IN3O. The summed E-state index contributed by atoms with van der Waals surface area (Å²) in [6.07, 6.45) is 2.05. The fourth-order valence-corrected chi connectivity index (χ4v) is 3.39. The molecule has 2 aromatic rings. The molecule has 0 bridgehead atoms. The van der Waals surface area contributed by atoms with Crippen molar-refractivity contribution in [1.82, 2.24) is 9.97 Å². The summed E-state index contributed by atoms with van der Waals surface area (Å²) in [6.45, 7) is 8.35. The van der Waals surface area contributed by atoms with Crippen LogP contribution in [0.2, 0.25) is 0 Å². The van der Waals surface area contributed by atoms with Crippen LogP contribution in [0.3, 0.4) is 0 Å². The van der Waals surface area contributed by atoms with Gasteiger partial charge in [0, 0.05) is 15.6 Å². The smallest absolute Gasteiger partial charge is 0.124 e. The number of aryl methyl sites for hydroxylation is 1. The van der Waals surface area contributed by atoms with Crippen LogP contribution in [-0.2, 0) is 11.3 Å². The highest BCUT2D eigenvalue weighted by atomic mass is 127. The molecule has 4 nitrogen and oxygen atoms in total. The molecule has 0 atom stereocenters. The van der Waals surface area contributed by atoms with Crippen molar-refractivity contribution in [3.8, 4) is 0 Å². The van der Waals surface area contributed by atoms with E-state index in [1.807, 2.05) is 6.92 Å². The molecule has 0 aliphatic heterocycles. The first kappa shape index (κ1) is 16.3. The van der Waals surface area contributed by atoms with Crippen molar-refractivity contribution in [1.29, 1.82) is 0 Å². The Morgan fingerprint density at radius 3 is 2.71 bits per heavy atom. The van der Waals surface area contributed by atoms with Gasteiger partial charge in [-0.15, -0.1) is 0 Å². The summed E-state index contributed by atoms with van der Waals surface area (Å²) >= 11 is 2.34. The third-order valence-corrected chi connectivity index (χ3v) is 4.34. The molecule has 5 heteroatoms. The summed E-state index contributed by atoms with van der Waals surface area (Å²) in [5.74, 6) is 7.50. The number of rotatable bonds is 5. The van der Waals surface area contributed by atoms with Gasteiger partial charge < -0.3 is 9.82 Å². The van der Waals surface area contributed by atoms with E-state index in [2.05, 4.69) is 65.5 Å². The largest absolute Gasteiger partial charge is 0.416 e. The van der Waals surface area contributed by atoms with Gasteiger partial charge in [0.25, 0.3) is 0 Å². The molecule has 3 N–H and O–H groups in total. The van der Waals surface area contributed by atoms with E-state index in [-0.39, 0.29) is 0 Å². The lowest BCUT2D eigenvalue weighted by molar-refractivity contribution is 0.223. The summed E-state index contributed by atoms with van der Waals surface area (Å²) in [7, 11) is 0. The van der Waals surface area contributed by atoms with E-state index in [1.165, 1.54) is 0 Å². The molecule has 1 aromatic carbocycles. The van der Waals surface area contributed by atoms with Gasteiger partial charge in [-0.25, -0.2) is 4.98 Å². The summed E-state index contributed by atoms with van der Waals surface area (Å²) in [6, 6.07) is 4.29. The van der Waals surface area contributed by atoms with Crippen molar-refractivity contribution in [3.05, 3.63) is 32.8 Å². The first-order valence-corrected chi connectivity index (χ1v) is 8.31. The molecule has 0 saturated heterocycles. The van der Waals surface area contributed by atoms with Crippen LogP contribution < -0.4 is 5.90 Å². The molecule has 0 aliphatic carbocycles. The van der Waals surface area contributed by atoms with Crippen LogP contribution in [-0.4, -0.2) is 9.97 Å². The Morgan fingerprint density at radius 2 is 2.14 bits per heavy atom. The Hall–Kier alpha value is -1.08. The van der Waals surface area contributed by atoms with Crippen LogP contribution in [0.4, 0.5) is 0 Å². The second kappa shape index (κ2) is 6.79. The standard InChI is InChI=1S/C16H22IN3O/c1-5-6-14-19-13-8-11(7-12(17)16(13)20-14)15(9(2)3)10(4)21-18/h7-9H,5-6,18H2,1-4H3,(H,19,20)/b15-10+. The molecule has 0 radical (unpaired) electrons. The Kier molecular flexibility index (Phi) is 5.27. The van der Waals surface area contributed by atoms with Crippen molar-refractivity contribution < 1.29 is 4.84 Å². The number of nitrogens with one attached hydrogen (secondary N) is 1. The normalized spacial score (nSPS) is 12.9. The number of benzene rings is 1. The van der Waals surface area contributed by atoms with E-state index < -0.39 is 0 Å². The number of H-pyrrole nitrogens is 1. The van der Waals surface area contributed by atoms with E-state index in [9.17, 15) is 0 Å². The van der Waals surface area contributed by atoms with Crippen molar-refractivity contribution in [2.24, 2.45) is 11.8 Å². The molecule has 0 spiro atoms. The summed E-state index contributed by atoms with van der Waals surface area (Å²) in [4.78, 5) is 13.1. The van der Waals surface area contributed by atoms with Gasteiger partial charge in [0.05, 0.1) is 5.52 Å². The molecule has 2 rings (SSSR count). The number of halogens is 1. The molecule has 21 heavy (non-hydrogen) atoms. The SMILES string of the molecule is CCCc1nc2c(I)cc(/C(=C(\C)ON)C(C)C)cc2[nH]1. The molecule has 0 unspecified atom stereocenters. The van der Waals surface area contributed by atoms with Crippen molar-refractivity contribution >= 4 is 39.2 Å². The minimum atomic E-state index is 0.333. The third kappa shape index (κ3) is 3.40. The van der Waals surface area contributed by atoms with Gasteiger partial charge in [0.1, 0.15) is 17.1 Å². The summed E-state index contributed by atoms with van der Waals surface area (Å²) < 4.78 is 1.14. The van der Waals surface area contributed by atoms with E-state index >= 15 is 0 Å². The van der Waals surface area contributed by atoms with Crippen molar-refractivity contribution in [2.45, 2.75) is 40.5 Å². The topological polar surface area (TPSA) is 63.9 Å². The first-order valence-electron chi connectivity index (χ1n) is 7.23. The van der Waals surface area contributed by atoms with Gasteiger partial charge in [-0.2, -0.15) is 5.90 Å². The lowest BCUT2D eigenvalue weighted by atomic mass is 9.94. The molecule has 0 aliphatic rings. The van der Waals surface area contributed by atoms with Crippen LogP contribution in [0.25, 0.3) is 16.6 Å². The highest BCUT2D eigenvalue weighted by Crippen LogP contribution is 2.31. The first-order chi connectivity index (χ1) is 9.97. The number of hydrogen-bond acceptors (Lipinski definition) is 3. The maximum Gasteiger partial charge on any atom is 0.124 e. The fourth-order valence-electron chi connectivity index (χ4n) is 2.64. The Balaban J connectivity index is 2.60. The van der Waals surface area contributed by atoms with E-state index in [0.717, 1.165) is 50.2 Å². The number of imidazole rings is 1. The molecular weight excluding hydrogens is 377 g/mol. The van der Waals surface area contributed by atoms with Gasteiger partial charge in [0.2, 0.25) is 0 Å². The van der Waals surface area contributed by atoms with Gasteiger partial charge in [-0.3, -0.25) is 0 Å². The third-order valence-electron chi connectivity index (χ3n) is 3.52. The van der Waals surface area contributed by atoms with Crippen LogP contribution in [0.5, 0.6) is 0 Å². The Bertz CT molecular complexity index is 673. The maximum absolute atomic E-state index is 5.36. The highest BCUT2D eigenvalue weighted by Gasteiger charge is 2.15. The van der Waals surface area contributed by atoms with Crippen LogP contribution in [0, 0.1) is 9.49 Å². The monoisotopic (exact) mass is 399 g/mol. The predicted octanol–water partition coefficient (Wildman–Crippen LogP) is 4.40. The second-order valence-corrected chi connectivity index (χ2v) is 6.69. The molecule has 0 amide bonds. The lowest BCUT2D eigenvalue weighted by Gasteiger charge is -2.15. The quantitative estimate of drug-likeness (QED) is 0.445. The van der Waals surface area contributed by atoms with Crippen molar-refractivity contribution in [3.63, 3.8) is 0 Å². The summed E-state index contributed by atoms with van der Waals surface area (Å²) in [5, 5.41) is 0. The van der Waals surface area contributed by atoms with E-state index in [0.29, 0.717) is 5.92 Å². The fraction of sp³-hybridized carbons (Fsp3) is 0.438. The summed E-state index contributed by atoms with van der Waals surface area (Å²) in [5.41, 5.74) is 4.38. The van der Waals surface area contributed by atoms with Crippen LogP contribution in [0.15, 0.2) is 17.9 Å². The Labute approximate surface area is 139 Å². The average molecular weight is 399 g/mol. The molecule has 114 valence electrons. The molecule has 1 heterocycles. The minimum Gasteiger partial charge on any atom is -0.416 e.